The lowest BCUT2D eigenvalue weighted by Crippen LogP contribution is -2.50. The average Bonchev–Trinajstić information content (AvgIpc) is 3.43. The number of amides is 3. The van der Waals surface area contributed by atoms with Crippen LogP contribution in [-0.4, -0.2) is 65.5 Å². The highest BCUT2D eigenvalue weighted by atomic mass is 16.3. The highest BCUT2D eigenvalue weighted by molar-refractivity contribution is 6.02. The molecule has 0 saturated carbocycles. The van der Waals surface area contributed by atoms with Crippen LogP contribution in [0.3, 0.4) is 0 Å². The van der Waals surface area contributed by atoms with Crippen LogP contribution >= 0.6 is 0 Å². The second-order valence-corrected chi connectivity index (χ2v) is 8.36. The number of benzene rings is 1. The van der Waals surface area contributed by atoms with E-state index in [1.165, 1.54) is 17.0 Å². The molecule has 0 aromatic heterocycles. The van der Waals surface area contributed by atoms with Crippen LogP contribution in [-0.2, 0) is 20.8 Å². The summed E-state index contributed by atoms with van der Waals surface area (Å²) in [5.41, 5.74) is 12.0. The smallest absolute Gasteiger partial charge is 0.248 e. The van der Waals surface area contributed by atoms with E-state index in [1.54, 1.807) is 19.2 Å². The molecule has 4 atom stereocenters. The molecule has 0 spiro atoms. The van der Waals surface area contributed by atoms with Crippen LogP contribution in [0.5, 0.6) is 5.75 Å². The van der Waals surface area contributed by atoms with Crippen molar-refractivity contribution in [3.63, 3.8) is 0 Å². The van der Waals surface area contributed by atoms with Gasteiger partial charge in [0, 0.05) is 6.42 Å². The maximum atomic E-state index is 12.9. The van der Waals surface area contributed by atoms with Crippen molar-refractivity contribution in [2.24, 2.45) is 11.5 Å². The van der Waals surface area contributed by atoms with Gasteiger partial charge in [-0.1, -0.05) is 38.3 Å². The topological polar surface area (TPSA) is 151 Å². The number of hydrogen-bond acceptors (Lipinski definition) is 6. The standard InChI is InChI=1S/C23H37N5O4/c1-3-4-7-17(27-22(31)18(26-2)8-5-6-13-24)20-23(32)28(20)19(21(25)30)14-15-9-11-16(29)12-10-15/h9-12,17-20,26,29H,3-8,13-14,24H2,1-2H3,(H2,25,30)(H,27,31). The SMILES string of the molecule is CCCCC(NC(=O)C(CCCCN)NC)C1C(=O)N1C(Cc1ccc(O)cc1)C(N)=O. The molecule has 2 rings (SSSR count). The number of phenolic OH excluding ortho intramolecular Hbond substituents is 1. The Morgan fingerprint density at radius 3 is 2.41 bits per heavy atom. The number of rotatable bonds is 15. The van der Waals surface area contributed by atoms with Gasteiger partial charge in [-0.05, 0) is 50.6 Å². The number of nitrogens with one attached hydrogen (secondary N) is 2. The molecule has 4 unspecified atom stereocenters. The lowest BCUT2D eigenvalue weighted by Gasteiger charge is -2.23. The number of carbonyl (C=O) groups excluding carboxylic acids is 3. The molecule has 178 valence electrons. The molecule has 1 aromatic carbocycles. The van der Waals surface area contributed by atoms with Crippen molar-refractivity contribution in [3.05, 3.63) is 29.8 Å². The van der Waals surface area contributed by atoms with E-state index in [4.69, 9.17) is 11.5 Å². The third-order valence-corrected chi connectivity index (χ3v) is 5.96. The Balaban J connectivity index is 2.10. The first kappa shape index (κ1) is 25.6. The fourth-order valence-electron chi connectivity index (χ4n) is 4.03. The summed E-state index contributed by atoms with van der Waals surface area (Å²) >= 11 is 0. The van der Waals surface area contributed by atoms with Crippen LogP contribution in [0.15, 0.2) is 24.3 Å². The van der Waals surface area contributed by atoms with Crippen molar-refractivity contribution < 1.29 is 19.5 Å². The van der Waals surface area contributed by atoms with Crippen LogP contribution in [0.25, 0.3) is 0 Å². The minimum Gasteiger partial charge on any atom is -0.508 e. The highest BCUT2D eigenvalue weighted by Gasteiger charge is 2.55. The molecule has 9 nitrogen and oxygen atoms in total. The van der Waals surface area contributed by atoms with E-state index in [0.29, 0.717) is 19.4 Å². The van der Waals surface area contributed by atoms with Crippen LogP contribution < -0.4 is 22.1 Å². The van der Waals surface area contributed by atoms with E-state index in [0.717, 1.165) is 31.2 Å². The minimum atomic E-state index is -0.803. The molecule has 1 aliphatic heterocycles. The van der Waals surface area contributed by atoms with E-state index in [9.17, 15) is 19.5 Å². The summed E-state index contributed by atoms with van der Waals surface area (Å²) in [6, 6.07) is 4.33. The van der Waals surface area contributed by atoms with Gasteiger partial charge in [0.2, 0.25) is 17.7 Å². The Morgan fingerprint density at radius 2 is 1.84 bits per heavy atom. The first-order valence-corrected chi connectivity index (χ1v) is 11.4. The van der Waals surface area contributed by atoms with E-state index >= 15 is 0 Å². The van der Waals surface area contributed by atoms with Gasteiger partial charge >= 0.3 is 0 Å². The average molecular weight is 448 g/mol. The molecule has 1 aromatic rings. The summed E-state index contributed by atoms with van der Waals surface area (Å²) in [5.74, 6) is -0.806. The summed E-state index contributed by atoms with van der Waals surface area (Å²) < 4.78 is 0. The maximum absolute atomic E-state index is 12.9. The fraction of sp³-hybridized carbons (Fsp3) is 0.609. The van der Waals surface area contributed by atoms with Gasteiger partial charge in [0.1, 0.15) is 17.8 Å². The number of nitrogens with two attached hydrogens (primary N) is 2. The Labute approximate surface area is 189 Å². The molecular weight excluding hydrogens is 410 g/mol. The number of unbranched alkanes of at least 4 members (excludes halogenated alkanes) is 2. The quantitative estimate of drug-likeness (QED) is 0.194. The Kier molecular flexibility index (Phi) is 9.93. The Bertz CT molecular complexity index is 770. The lowest BCUT2D eigenvalue weighted by molar-refractivity contribution is -0.125. The van der Waals surface area contributed by atoms with Gasteiger partial charge in [0.25, 0.3) is 0 Å². The van der Waals surface area contributed by atoms with Crippen LogP contribution in [0, 0.1) is 0 Å². The number of nitrogens with zero attached hydrogens (tertiary/aromatic N) is 1. The van der Waals surface area contributed by atoms with Crippen molar-refractivity contribution in [2.45, 2.75) is 76.0 Å². The first-order valence-electron chi connectivity index (χ1n) is 11.4. The Morgan fingerprint density at radius 1 is 1.16 bits per heavy atom. The van der Waals surface area contributed by atoms with Crippen LogP contribution in [0.1, 0.15) is 51.0 Å². The van der Waals surface area contributed by atoms with Crippen molar-refractivity contribution >= 4 is 17.7 Å². The summed E-state index contributed by atoms with van der Waals surface area (Å²) in [4.78, 5) is 39.3. The van der Waals surface area contributed by atoms with Gasteiger partial charge in [-0.15, -0.1) is 0 Å². The van der Waals surface area contributed by atoms with Crippen molar-refractivity contribution in [3.8, 4) is 5.75 Å². The van der Waals surface area contributed by atoms with Gasteiger partial charge in [-0.2, -0.15) is 0 Å². The predicted molar refractivity (Wildman–Crippen MR) is 123 cm³/mol. The summed E-state index contributed by atoms with van der Waals surface area (Å²) in [6.07, 6.45) is 5.00. The zero-order chi connectivity index (χ0) is 23.7. The first-order chi connectivity index (χ1) is 15.3. The van der Waals surface area contributed by atoms with Gasteiger partial charge in [0.15, 0.2) is 0 Å². The number of carbonyl (C=O) groups is 3. The minimum absolute atomic E-state index is 0.123. The molecule has 1 saturated heterocycles. The molecular formula is C23H37N5O4. The van der Waals surface area contributed by atoms with Gasteiger partial charge in [-0.25, -0.2) is 0 Å². The Hall–Kier alpha value is -2.65. The molecule has 7 N–H and O–H groups in total. The zero-order valence-corrected chi connectivity index (χ0v) is 19.0. The van der Waals surface area contributed by atoms with Gasteiger partial charge in [-0.3, -0.25) is 14.4 Å². The zero-order valence-electron chi connectivity index (χ0n) is 19.0. The number of hydrogen-bond donors (Lipinski definition) is 5. The second-order valence-electron chi connectivity index (χ2n) is 8.36. The van der Waals surface area contributed by atoms with Crippen LogP contribution in [0.4, 0.5) is 0 Å². The predicted octanol–water partition coefficient (Wildman–Crippen LogP) is 0.391. The molecule has 32 heavy (non-hydrogen) atoms. The van der Waals surface area contributed by atoms with Crippen molar-refractivity contribution in [1.82, 2.24) is 15.5 Å². The lowest BCUT2D eigenvalue weighted by atomic mass is 10.0. The molecule has 9 heteroatoms. The number of phenols is 1. The van der Waals surface area contributed by atoms with Crippen LogP contribution in [0.2, 0.25) is 0 Å². The monoisotopic (exact) mass is 447 g/mol. The number of likely N-dealkylation sites (N-methyl/N-ethyl adjacent to an activating group) is 1. The third kappa shape index (κ3) is 6.93. The number of aromatic hydroxyl groups is 1. The normalized spacial score (nSPS) is 18.2. The molecule has 0 bridgehead atoms. The molecule has 0 radical (unpaired) electrons. The summed E-state index contributed by atoms with van der Waals surface area (Å²) in [7, 11) is 1.74. The molecule has 0 aliphatic carbocycles. The third-order valence-electron chi connectivity index (χ3n) is 5.96. The molecule has 1 heterocycles. The van der Waals surface area contributed by atoms with E-state index in [2.05, 4.69) is 10.6 Å². The second kappa shape index (κ2) is 12.4. The largest absolute Gasteiger partial charge is 0.508 e. The number of primary amides is 1. The van der Waals surface area contributed by atoms with Crippen molar-refractivity contribution in [2.75, 3.05) is 13.6 Å². The summed E-state index contributed by atoms with van der Waals surface area (Å²) in [6.45, 7) is 2.63. The van der Waals surface area contributed by atoms with Crippen molar-refractivity contribution in [1.29, 1.82) is 0 Å². The van der Waals surface area contributed by atoms with E-state index in [1.807, 2.05) is 6.92 Å². The van der Waals surface area contributed by atoms with E-state index in [-0.39, 0.29) is 36.1 Å². The molecule has 3 amide bonds. The van der Waals surface area contributed by atoms with E-state index < -0.39 is 18.0 Å². The maximum Gasteiger partial charge on any atom is 0.248 e. The summed E-state index contributed by atoms with van der Waals surface area (Å²) in [5, 5.41) is 15.5. The fourth-order valence-corrected chi connectivity index (χ4v) is 4.03. The highest BCUT2D eigenvalue weighted by Crippen LogP contribution is 2.31. The molecule has 1 fully saturated rings. The van der Waals surface area contributed by atoms with Gasteiger partial charge < -0.3 is 32.1 Å². The molecule has 1 aliphatic rings. The van der Waals surface area contributed by atoms with Gasteiger partial charge in [0.05, 0.1) is 12.1 Å².